The molecule has 6 nitrogen and oxygen atoms in total. The van der Waals surface area contributed by atoms with Crippen LogP contribution in [-0.2, 0) is 12.7 Å². The summed E-state index contributed by atoms with van der Waals surface area (Å²) in [7, 11) is 0. The molecule has 2 aromatic heterocycles. The molecule has 1 aliphatic rings. The Kier molecular flexibility index (Phi) is 6.58. The summed E-state index contributed by atoms with van der Waals surface area (Å²) in [5.74, 6) is -1.56. The molecular formula is C28H26F4N4O2. The number of benzene rings is 2. The zero-order chi connectivity index (χ0) is 27.2. The van der Waals surface area contributed by atoms with Crippen LogP contribution in [0.2, 0.25) is 0 Å². The number of nitrogens with zero attached hydrogens (tertiary/aromatic N) is 3. The largest absolute Gasteiger partial charge is 0.475 e. The molecule has 0 saturated heterocycles. The van der Waals surface area contributed by atoms with E-state index in [1.807, 2.05) is 13.8 Å². The molecule has 5 rings (SSSR count). The maximum atomic E-state index is 15.0. The molecule has 1 fully saturated rings. The topological polar surface area (TPSA) is 80.0 Å². The van der Waals surface area contributed by atoms with Crippen LogP contribution in [0.5, 0.6) is 0 Å². The van der Waals surface area contributed by atoms with Gasteiger partial charge in [-0.05, 0) is 62.4 Å². The van der Waals surface area contributed by atoms with E-state index < -0.39 is 29.4 Å². The number of carbonyl (C=O) groups is 1. The van der Waals surface area contributed by atoms with Crippen LogP contribution >= 0.6 is 0 Å². The zero-order valence-corrected chi connectivity index (χ0v) is 20.8. The number of aromatic carboxylic acids is 1. The highest BCUT2D eigenvalue weighted by atomic mass is 19.4. The Morgan fingerprint density at radius 2 is 1.84 bits per heavy atom. The van der Waals surface area contributed by atoms with Gasteiger partial charge in [0.25, 0.3) is 0 Å². The summed E-state index contributed by atoms with van der Waals surface area (Å²) in [6.45, 7) is 3.96. The van der Waals surface area contributed by atoms with E-state index in [9.17, 15) is 23.1 Å². The smallest absolute Gasteiger partial charge is 0.416 e. The molecule has 198 valence electrons. The number of fused-ring (bicyclic) bond motifs is 1. The number of halogens is 4. The second-order valence-electron chi connectivity index (χ2n) is 9.87. The number of rotatable bonds is 7. The lowest BCUT2D eigenvalue weighted by molar-refractivity contribution is -0.137. The molecule has 2 heterocycles. The third kappa shape index (κ3) is 4.94. The Labute approximate surface area is 216 Å². The predicted molar refractivity (Wildman–Crippen MR) is 136 cm³/mol. The van der Waals surface area contributed by atoms with Gasteiger partial charge in [0, 0.05) is 29.9 Å². The maximum Gasteiger partial charge on any atom is 0.416 e. The van der Waals surface area contributed by atoms with Crippen molar-refractivity contribution in [3.8, 4) is 11.1 Å². The molecule has 1 atom stereocenters. The number of aryl methyl sites for hydroxylation is 1. The van der Waals surface area contributed by atoms with Crippen LogP contribution in [0.4, 0.5) is 23.4 Å². The van der Waals surface area contributed by atoms with Gasteiger partial charge in [0.15, 0.2) is 5.82 Å². The summed E-state index contributed by atoms with van der Waals surface area (Å²) in [5.41, 5.74) is 1.94. The van der Waals surface area contributed by atoms with Crippen molar-refractivity contribution in [3.63, 3.8) is 0 Å². The average molecular weight is 527 g/mol. The van der Waals surface area contributed by atoms with Gasteiger partial charge in [0.1, 0.15) is 16.9 Å². The van der Waals surface area contributed by atoms with Crippen molar-refractivity contribution in [2.75, 3.05) is 5.32 Å². The molecule has 0 aliphatic heterocycles. The second kappa shape index (κ2) is 9.74. The molecule has 0 bridgehead atoms. The van der Waals surface area contributed by atoms with Crippen molar-refractivity contribution in [1.29, 1.82) is 0 Å². The first kappa shape index (κ1) is 25.7. The summed E-state index contributed by atoms with van der Waals surface area (Å²) in [5, 5.41) is 13.1. The highest BCUT2D eigenvalue weighted by Gasteiger charge is 2.30. The van der Waals surface area contributed by atoms with E-state index in [0.717, 1.165) is 37.0 Å². The second-order valence-corrected chi connectivity index (χ2v) is 9.87. The van der Waals surface area contributed by atoms with Crippen molar-refractivity contribution in [2.24, 2.45) is 5.92 Å². The minimum atomic E-state index is -4.45. The van der Waals surface area contributed by atoms with Crippen LogP contribution in [-0.4, -0.2) is 31.7 Å². The molecule has 38 heavy (non-hydrogen) atoms. The number of carboxylic acid groups (broad SMARTS) is 1. The first-order chi connectivity index (χ1) is 18.0. The predicted octanol–water partition coefficient (Wildman–Crippen LogP) is 6.91. The number of carboxylic acids is 1. The van der Waals surface area contributed by atoms with Gasteiger partial charge in [-0.3, -0.25) is 0 Å². The van der Waals surface area contributed by atoms with Crippen molar-refractivity contribution in [2.45, 2.75) is 51.9 Å². The van der Waals surface area contributed by atoms with E-state index in [0.29, 0.717) is 22.6 Å². The van der Waals surface area contributed by atoms with Gasteiger partial charge in [-0.15, -0.1) is 0 Å². The normalized spacial score (nSPS) is 14.9. The van der Waals surface area contributed by atoms with Gasteiger partial charge in [-0.2, -0.15) is 13.2 Å². The lowest BCUT2D eigenvalue weighted by Gasteiger charge is -2.32. The van der Waals surface area contributed by atoms with Crippen molar-refractivity contribution in [1.82, 2.24) is 14.5 Å². The van der Waals surface area contributed by atoms with Crippen LogP contribution in [0.3, 0.4) is 0 Å². The van der Waals surface area contributed by atoms with Crippen LogP contribution in [0, 0.1) is 18.7 Å². The molecule has 2 N–H and O–H groups in total. The third-order valence-corrected chi connectivity index (χ3v) is 7.17. The van der Waals surface area contributed by atoms with E-state index >= 15 is 4.39 Å². The third-order valence-electron chi connectivity index (χ3n) is 7.17. The van der Waals surface area contributed by atoms with Gasteiger partial charge < -0.3 is 15.0 Å². The fourth-order valence-electron chi connectivity index (χ4n) is 4.83. The Morgan fingerprint density at radius 3 is 2.45 bits per heavy atom. The van der Waals surface area contributed by atoms with E-state index in [1.165, 1.54) is 18.2 Å². The Bertz CT molecular complexity index is 1510. The maximum absolute atomic E-state index is 15.0. The zero-order valence-electron chi connectivity index (χ0n) is 20.8. The number of hydrogen-bond donors (Lipinski definition) is 2. The number of anilines is 1. The fraction of sp³-hybridized carbons (Fsp3) is 0.321. The number of alkyl halides is 3. The highest BCUT2D eigenvalue weighted by Crippen LogP contribution is 2.37. The van der Waals surface area contributed by atoms with E-state index in [4.69, 9.17) is 0 Å². The average Bonchev–Trinajstić information content (AvgIpc) is 3.17. The first-order valence-electron chi connectivity index (χ1n) is 12.3. The fourth-order valence-corrected chi connectivity index (χ4v) is 4.83. The van der Waals surface area contributed by atoms with Crippen molar-refractivity contribution in [3.05, 3.63) is 77.0 Å². The minimum absolute atomic E-state index is 0.00271. The lowest BCUT2D eigenvalue weighted by atomic mass is 9.80. The summed E-state index contributed by atoms with van der Waals surface area (Å²) in [4.78, 5) is 20.5. The molecule has 0 radical (unpaired) electrons. The number of nitrogens with one attached hydrogen (secondary N) is 1. The van der Waals surface area contributed by atoms with Crippen molar-refractivity contribution < 1.29 is 27.5 Å². The Morgan fingerprint density at radius 1 is 1.13 bits per heavy atom. The summed E-state index contributed by atoms with van der Waals surface area (Å²) in [6, 6.07) is 9.41. The monoisotopic (exact) mass is 526 g/mol. The quantitative estimate of drug-likeness (QED) is 0.256. The molecule has 0 spiro atoms. The Hall–Kier alpha value is -3.95. The summed E-state index contributed by atoms with van der Waals surface area (Å²) < 4.78 is 56.0. The molecule has 10 heteroatoms. The molecule has 0 amide bonds. The number of aromatic nitrogens is 3. The van der Waals surface area contributed by atoms with Gasteiger partial charge in [-0.25, -0.2) is 19.2 Å². The van der Waals surface area contributed by atoms with Crippen LogP contribution in [0.15, 0.2) is 48.7 Å². The van der Waals surface area contributed by atoms with E-state index in [2.05, 4.69) is 15.3 Å². The van der Waals surface area contributed by atoms with Gasteiger partial charge in [-0.1, -0.05) is 30.2 Å². The molecule has 4 aromatic rings. The van der Waals surface area contributed by atoms with E-state index in [1.54, 1.807) is 22.9 Å². The minimum Gasteiger partial charge on any atom is -0.475 e. The van der Waals surface area contributed by atoms with Crippen LogP contribution in [0.25, 0.3) is 22.2 Å². The SMILES string of the molecule is Cc1ccc(F)c(-c2cn(Cc3ccc(C(F)(F)F)cc3)c3c(N[C@H](C)C4CCC4)nc(C(=O)O)nc23)c1. The van der Waals surface area contributed by atoms with E-state index in [-0.39, 0.29) is 29.5 Å². The van der Waals surface area contributed by atoms with Crippen LogP contribution < -0.4 is 5.32 Å². The molecule has 2 aromatic carbocycles. The van der Waals surface area contributed by atoms with Crippen LogP contribution in [0.1, 0.15) is 53.5 Å². The standard InChI is InChI=1S/C28H26F4N4O2/c1-15-6-11-22(29)20(12-15)21-14-36(13-17-7-9-19(10-8-17)28(30,31)32)24-23(21)34-26(27(37)38)35-25(24)33-16(2)18-4-3-5-18/h6-12,14,16,18H,3-5,13H2,1-2H3,(H,37,38)(H,33,34,35)/t16-/m1/s1. The highest BCUT2D eigenvalue weighted by molar-refractivity contribution is 6.00. The van der Waals surface area contributed by atoms with Gasteiger partial charge in [0.2, 0.25) is 5.82 Å². The molecule has 1 aliphatic carbocycles. The summed E-state index contributed by atoms with van der Waals surface area (Å²) in [6.07, 6.45) is 0.405. The lowest BCUT2D eigenvalue weighted by Crippen LogP contribution is -2.31. The van der Waals surface area contributed by atoms with Gasteiger partial charge >= 0.3 is 12.1 Å². The first-order valence-corrected chi connectivity index (χ1v) is 12.3. The van der Waals surface area contributed by atoms with Crippen molar-refractivity contribution >= 4 is 22.8 Å². The van der Waals surface area contributed by atoms with Gasteiger partial charge in [0.05, 0.1) is 5.56 Å². The molecular weight excluding hydrogens is 500 g/mol. The Balaban J connectivity index is 1.69. The molecule has 1 saturated carbocycles. The number of hydrogen-bond acceptors (Lipinski definition) is 4. The molecule has 0 unspecified atom stereocenters. The summed E-state index contributed by atoms with van der Waals surface area (Å²) >= 11 is 0.